The molecule has 6 heteroatoms. The number of nitrogens with zero attached hydrogens (tertiary/aromatic N) is 2. The van der Waals surface area contributed by atoms with Gasteiger partial charge in [0.05, 0.1) is 10.9 Å². The van der Waals surface area contributed by atoms with Crippen LogP contribution in [-0.4, -0.2) is 15.0 Å². The average molecular weight is 379 g/mol. The minimum atomic E-state index is -0.455. The third-order valence-corrected chi connectivity index (χ3v) is 5.02. The molecule has 0 aliphatic heterocycles. The van der Waals surface area contributed by atoms with Gasteiger partial charge in [-0.15, -0.1) is 0 Å². The summed E-state index contributed by atoms with van der Waals surface area (Å²) in [7, 11) is 0. The Morgan fingerprint density at radius 2 is 1.75 bits per heavy atom. The normalized spacial score (nSPS) is 12.1. The van der Waals surface area contributed by atoms with Crippen molar-refractivity contribution in [3.05, 3.63) is 80.5 Å². The zero-order valence-corrected chi connectivity index (χ0v) is 16.4. The molecule has 1 amide bonds. The van der Waals surface area contributed by atoms with Crippen molar-refractivity contribution in [1.29, 1.82) is 0 Å². The molecule has 0 aliphatic rings. The smallest absolute Gasteiger partial charge is 0.332 e. The van der Waals surface area contributed by atoms with Gasteiger partial charge in [0.1, 0.15) is 6.54 Å². The number of fused-ring (bicyclic) bond motifs is 1. The highest BCUT2D eigenvalue weighted by atomic mass is 16.2. The molecule has 2 aromatic carbocycles. The molecule has 6 nitrogen and oxygen atoms in total. The Morgan fingerprint density at radius 1 is 1.07 bits per heavy atom. The Morgan fingerprint density at radius 3 is 2.43 bits per heavy atom. The fourth-order valence-electron chi connectivity index (χ4n) is 3.17. The maximum Gasteiger partial charge on any atom is 0.332 e. The SMILES string of the molecule is CC[C@H](C)n1c(=O)c2ccccc2n(CC(=O)NCc2ccc(C)cc2)c1=O. The van der Waals surface area contributed by atoms with E-state index in [1.54, 1.807) is 24.3 Å². The highest BCUT2D eigenvalue weighted by Gasteiger charge is 2.17. The number of para-hydroxylation sites is 1. The van der Waals surface area contributed by atoms with E-state index < -0.39 is 5.69 Å². The summed E-state index contributed by atoms with van der Waals surface area (Å²) in [6.45, 7) is 6.01. The summed E-state index contributed by atoms with van der Waals surface area (Å²) in [4.78, 5) is 38.3. The molecule has 3 aromatic rings. The second-order valence-electron chi connectivity index (χ2n) is 7.08. The molecule has 1 atom stereocenters. The van der Waals surface area contributed by atoms with Crippen LogP contribution in [0.2, 0.25) is 0 Å². The monoisotopic (exact) mass is 379 g/mol. The molecule has 28 heavy (non-hydrogen) atoms. The Hall–Kier alpha value is -3.15. The van der Waals surface area contributed by atoms with E-state index in [0.29, 0.717) is 23.9 Å². The highest BCUT2D eigenvalue weighted by molar-refractivity contribution is 5.81. The van der Waals surface area contributed by atoms with E-state index in [1.807, 2.05) is 45.0 Å². The van der Waals surface area contributed by atoms with Crippen molar-refractivity contribution in [2.45, 2.75) is 46.3 Å². The largest absolute Gasteiger partial charge is 0.350 e. The molecule has 0 bridgehead atoms. The van der Waals surface area contributed by atoms with E-state index in [1.165, 1.54) is 9.13 Å². The van der Waals surface area contributed by atoms with Crippen molar-refractivity contribution in [3.63, 3.8) is 0 Å². The predicted octanol–water partition coefficient (Wildman–Crippen LogP) is 2.76. The lowest BCUT2D eigenvalue weighted by Gasteiger charge is -2.17. The third-order valence-electron chi connectivity index (χ3n) is 5.02. The minimum Gasteiger partial charge on any atom is -0.350 e. The number of aromatic nitrogens is 2. The van der Waals surface area contributed by atoms with Gasteiger partial charge >= 0.3 is 5.69 Å². The van der Waals surface area contributed by atoms with Crippen LogP contribution in [0.25, 0.3) is 10.9 Å². The van der Waals surface area contributed by atoms with E-state index in [4.69, 9.17) is 0 Å². The number of hydrogen-bond donors (Lipinski definition) is 1. The van der Waals surface area contributed by atoms with E-state index >= 15 is 0 Å². The molecule has 1 aromatic heterocycles. The summed E-state index contributed by atoms with van der Waals surface area (Å²) >= 11 is 0. The molecule has 0 saturated heterocycles. The second kappa shape index (κ2) is 8.25. The van der Waals surface area contributed by atoms with E-state index in [-0.39, 0.29) is 24.1 Å². The summed E-state index contributed by atoms with van der Waals surface area (Å²) in [6.07, 6.45) is 0.646. The molecule has 0 unspecified atom stereocenters. The van der Waals surface area contributed by atoms with Gasteiger partial charge in [0, 0.05) is 12.6 Å². The van der Waals surface area contributed by atoms with E-state index in [0.717, 1.165) is 11.1 Å². The van der Waals surface area contributed by atoms with Gasteiger partial charge in [-0.1, -0.05) is 48.9 Å². The molecule has 0 fully saturated rings. The third kappa shape index (κ3) is 3.91. The van der Waals surface area contributed by atoms with Crippen LogP contribution < -0.4 is 16.6 Å². The predicted molar refractivity (Wildman–Crippen MR) is 110 cm³/mol. The number of carbonyl (C=O) groups excluding carboxylic acids is 1. The van der Waals surface area contributed by atoms with Gasteiger partial charge in [-0.3, -0.25) is 18.7 Å². The van der Waals surface area contributed by atoms with Crippen LogP contribution in [0.15, 0.2) is 58.1 Å². The Balaban J connectivity index is 1.93. The summed E-state index contributed by atoms with van der Waals surface area (Å²) in [5.41, 5.74) is 1.85. The number of carbonyl (C=O) groups is 1. The van der Waals surface area contributed by atoms with Crippen molar-refractivity contribution in [1.82, 2.24) is 14.5 Å². The first kappa shape index (κ1) is 19.6. The summed E-state index contributed by atoms with van der Waals surface area (Å²) in [5.74, 6) is -0.276. The fourth-order valence-corrected chi connectivity index (χ4v) is 3.17. The van der Waals surface area contributed by atoms with E-state index in [9.17, 15) is 14.4 Å². The standard InChI is InChI=1S/C22H25N3O3/c1-4-16(3)25-21(27)18-7-5-6-8-19(18)24(22(25)28)14-20(26)23-13-17-11-9-15(2)10-12-17/h5-12,16H,4,13-14H2,1-3H3,(H,23,26)/t16-/m0/s1. The first-order valence-electron chi connectivity index (χ1n) is 9.48. The number of nitrogens with one attached hydrogen (secondary N) is 1. The van der Waals surface area contributed by atoms with Gasteiger partial charge in [0.15, 0.2) is 0 Å². The van der Waals surface area contributed by atoms with Crippen LogP contribution in [0.1, 0.15) is 37.4 Å². The van der Waals surface area contributed by atoms with Gasteiger partial charge in [-0.05, 0) is 38.0 Å². The molecule has 0 spiro atoms. The molecule has 146 valence electrons. The molecule has 1 N–H and O–H groups in total. The Kier molecular flexibility index (Phi) is 5.78. The Labute approximate surface area is 163 Å². The Bertz CT molecular complexity index is 1110. The van der Waals surface area contributed by atoms with Crippen molar-refractivity contribution in [2.24, 2.45) is 0 Å². The van der Waals surface area contributed by atoms with Crippen LogP contribution in [0, 0.1) is 6.92 Å². The molecule has 0 aliphatic carbocycles. The maximum atomic E-state index is 13.0. The second-order valence-corrected chi connectivity index (χ2v) is 7.08. The van der Waals surface area contributed by atoms with Crippen LogP contribution in [-0.2, 0) is 17.9 Å². The van der Waals surface area contributed by atoms with Crippen LogP contribution in [0.5, 0.6) is 0 Å². The first-order chi connectivity index (χ1) is 13.4. The quantitative estimate of drug-likeness (QED) is 0.716. The van der Waals surface area contributed by atoms with Crippen LogP contribution in [0.4, 0.5) is 0 Å². The van der Waals surface area contributed by atoms with Crippen LogP contribution >= 0.6 is 0 Å². The van der Waals surface area contributed by atoms with Crippen molar-refractivity contribution >= 4 is 16.8 Å². The maximum absolute atomic E-state index is 13.0. The van der Waals surface area contributed by atoms with Gasteiger partial charge in [-0.2, -0.15) is 0 Å². The van der Waals surface area contributed by atoms with Crippen molar-refractivity contribution < 1.29 is 4.79 Å². The summed E-state index contributed by atoms with van der Waals surface area (Å²) in [6, 6.07) is 14.6. The summed E-state index contributed by atoms with van der Waals surface area (Å²) in [5, 5.41) is 3.29. The molecule has 3 rings (SSSR count). The first-order valence-corrected chi connectivity index (χ1v) is 9.48. The van der Waals surface area contributed by atoms with Crippen molar-refractivity contribution in [3.8, 4) is 0 Å². The van der Waals surface area contributed by atoms with Crippen LogP contribution in [0.3, 0.4) is 0 Å². The fraction of sp³-hybridized carbons (Fsp3) is 0.318. The number of amides is 1. The van der Waals surface area contributed by atoms with E-state index in [2.05, 4.69) is 5.32 Å². The van der Waals surface area contributed by atoms with Gasteiger partial charge in [0.25, 0.3) is 5.56 Å². The van der Waals surface area contributed by atoms with Gasteiger partial charge < -0.3 is 5.32 Å². The lowest BCUT2D eigenvalue weighted by Crippen LogP contribution is -2.43. The molecular formula is C22H25N3O3. The summed E-state index contributed by atoms with van der Waals surface area (Å²) < 4.78 is 2.63. The number of aryl methyl sites for hydroxylation is 1. The molecular weight excluding hydrogens is 354 g/mol. The van der Waals surface area contributed by atoms with Crippen molar-refractivity contribution in [2.75, 3.05) is 0 Å². The molecule has 0 radical (unpaired) electrons. The average Bonchev–Trinajstić information content (AvgIpc) is 2.70. The zero-order chi connectivity index (χ0) is 20.3. The van der Waals surface area contributed by atoms with Gasteiger partial charge in [0.2, 0.25) is 5.91 Å². The number of hydrogen-bond acceptors (Lipinski definition) is 3. The lowest BCUT2D eigenvalue weighted by molar-refractivity contribution is -0.121. The minimum absolute atomic E-state index is 0.137. The topological polar surface area (TPSA) is 73.1 Å². The lowest BCUT2D eigenvalue weighted by atomic mass is 10.1. The zero-order valence-electron chi connectivity index (χ0n) is 16.4. The number of benzene rings is 2. The molecule has 1 heterocycles. The molecule has 0 saturated carbocycles. The number of rotatable bonds is 6. The highest BCUT2D eigenvalue weighted by Crippen LogP contribution is 2.11. The van der Waals surface area contributed by atoms with Gasteiger partial charge in [-0.25, -0.2) is 4.79 Å².